The number of rotatable bonds is 13. The summed E-state index contributed by atoms with van der Waals surface area (Å²) in [5, 5.41) is 0. The number of hydrogen-bond acceptors (Lipinski definition) is 2. The van der Waals surface area contributed by atoms with Crippen LogP contribution >= 0.6 is 0 Å². The second-order valence-electron chi connectivity index (χ2n) is 4.97. The Morgan fingerprint density at radius 3 is 2.44 bits per heavy atom. The van der Waals surface area contributed by atoms with Crippen LogP contribution in [0.15, 0.2) is 18.4 Å². The first-order chi connectivity index (χ1) is 8.70. The molecule has 0 bridgehead atoms. The van der Waals surface area contributed by atoms with Gasteiger partial charge in [-0.1, -0.05) is 51.5 Å². The van der Waals surface area contributed by atoms with Crippen LogP contribution in [-0.2, 0) is 9.53 Å². The summed E-state index contributed by atoms with van der Waals surface area (Å²) in [5.74, 6) is 1.11. The van der Waals surface area contributed by atoms with Gasteiger partial charge in [0.2, 0.25) is 0 Å². The summed E-state index contributed by atoms with van der Waals surface area (Å²) in [4.78, 5) is 9.99. The Balaban J connectivity index is 3.18. The highest BCUT2D eigenvalue weighted by molar-refractivity contribution is 5.39. The fourth-order valence-corrected chi connectivity index (χ4v) is 2.02. The molecule has 2 heteroatoms. The van der Waals surface area contributed by atoms with Gasteiger partial charge in [-0.15, -0.1) is 6.58 Å². The Hall–Kier alpha value is -1.05. The van der Waals surface area contributed by atoms with Crippen molar-refractivity contribution in [2.45, 2.75) is 64.7 Å². The molecule has 0 aliphatic rings. The molecule has 0 aromatic heterocycles. The van der Waals surface area contributed by atoms with E-state index in [9.17, 15) is 4.79 Å². The van der Waals surface area contributed by atoms with E-state index >= 15 is 0 Å². The molecular weight excluding hydrogens is 224 g/mol. The van der Waals surface area contributed by atoms with Gasteiger partial charge in [-0.2, -0.15) is 0 Å². The van der Waals surface area contributed by atoms with Crippen LogP contribution in [0.1, 0.15) is 64.7 Å². The standard InChI is InChI=1S/C16H27O2/c1-4-11-15(2)12-9-7-5-6-8-10-13-16(3)18-14-17/h3-4,14-15H,1,5-13H2,2H3/t15-/m0/s1. The largest absolute Gasteiger partial charge is 0.433 e. The average Bonchev–Trinajstić information content (AvgIpc) is 2.33. The second kappa shape index (κ2) is 12.4. The van der Waals surface area contributed by atoms with Gasteiger partial charge in [0.25, 0.3) is 6.47 Å². The Kier molecular flexibility index (Phi) is 11.7. The Morgan fingerprint density at radius 1 is 1.22 bits per heavy atom. The van der Waals surface area contributed by atoms with Gasteiger partial charge in [-0.05, 0) is 25.3 Å². The number of carbonyl (C=O) groups is 1. The highest BCUT2D eigenvalue weighted by Crippen LogP contribution is 2.15. The summed E-state index contributed by atoms with van der Waals surface area (Å²) in [6.07, 6.45) is 12.5. The van der Waals surface area contributed by atoms with E-state index in [4.69, 9.17) is 6.58 Å². The van der Waals surface area contributed by atoms with Crippen molar-refractivity contribution in [3.63, 3.8) is 0 Å². The highest BCUT2D eigenvalue weighted by atomic mass is 16.5. The first-order valence-corrected chi connectivity index (χ1v) is 7.03. The van der Waals surface area contributed by atoms with Crippen molar-refractivity contribution in [1.82, 2.24) is 0 Å². The molecule has 103 valence electrons. The molecule has 0 aliphatic heterocycles. The van der Waals surface area contributed by atoms with Crippen LogP contribution in [0.25, 0.3) is 0 Å². The summed E-state index contributed by atoms with van der Waals surface area (Å²) >= 11 is 0. The fourth-order valence-electron chi connectivity index (χ4n) is 2.02. The van der Waals surface area contributed by atoms with Gasteiger partial charge >= 0.3 is 0 Å². The third kappa shape index (κ3) is 11.4. The first-order valence-electron chi connectivity index (χ1n) is 7.03. The summed E-state index contributed by atoms with van der Waals surface area (Å²) in [6.45, 7) is 11.9. The number of carbonyl (C=O) groups excluding carboxylic acids is 1. The summed E-state index contributed by atoms with van der Waals surface area (Å²) < 4.78 is 4.54. The molecule has 1 radical (unpaired) electrons. The minimum absolute atomic E-state index is 0.336. The van der Waals surface area contributed by atoms with E-state index in [2.05, 4.69) is 18.2 Å². The van der Waals surface area contributed by atoms with E-state index in [0.717, 1.165) is 25.2 Å². The van der Waals surface area contributed by atoms with Gasteiger partial charge < -0.3 is 4.74 Å². The maximum Gasteiger partial charge on any atom is 0.298 e. The minimum Gasteiger partial charge on any atom is -0.433 e. The molecule has 0 spiro atoms. The third-order valence-corrected chi connectivity index (χ3v) is 3.14. The highest BCUT2D eigenvalue weighted by Gasteiger charge is 1.99. The zero-order valence-electron chi connectivity index (χ0n) is 11.7. The molecule has 0 aliphatic carbocycles. The van der Waals surface area contributed by atoms with Crippen molar-refractivity contribution >= 4 is 6.47 Å². The van der Waals surface area contributed by atoms with Crippen LogP contribution in [0.5, 0.6) is 0 Å². The van der Waals surface area contributed by atoms with Gasteiger partial charge in [-0.3, -0.25) is 4.79 Å². The van der Waals surface area contributed by atoms with Crippen molar-refractivity contribution in [3.05, 3.63) is 25.0 Å². The second-order valence-corrected chi connectivity index (χ2v) is 4.97. The zero-order valence-corrected chi connectivity index (χ0v) is 11.7. The van der Waals surface area contributed by atoms with E-state index in [1.165, 1.54) is 32.1 Å². The summed E-state index contributed by atoms with van der Waals surface area (Å²) in [6, 6.07) is 0. The third-order valence-electron chi connectivity index (χ3n) is 3.14. The number of unbranched alkanes of at least 4 members (excludes halogenated alkanes) is 5. The zero-order chi connectivity index (χ0) is 13.6. The number of allylic oxidation sites excluding steroid dienone is 2. The molecule has 0 amide bonds. The lowest BCUT2D eigenvalue weighted by molar-refractivity contribution is -0.125. The van der Waals surface area contributed by atoms with E-state index in [0.29, 0.717) is 18.7 Å². The lowest BCUT2D eigenvalue weighted by Gasteiger charge is -2.08. The molecule has 0 saturated heterocycles. The number of ether oxygens (including phenoxy) is 1. The lowest BCUT2D eigenvalue weighted by Crippen LogP contribution is -1.92. The molecule has 0 aromatic rings. The van der Waals surface area contributed by atoms with Crippen molar-refractivity contribution < 1.29 is 9.53 Å². The molecule has 0 N–H and O–H groups in total. The minimum atomic E-state index is 0.336. The SMILES string of the molecule is [CH]=C(CCCCCCCC[C@@H](C)CC=C)OC=O. The van der Waals surface area contributed by atoms with Crippen molar-refractivity contribution in [2.75, 3.05) is 0 Å². The molecule has 0 fully saturated rings. The van der Waals surface area contributed by atoms with E-state index in [1.54, 1.807) is 0 Å². The normalized spacial score (nSPS) is 11.8. The number of hydrogen-bond donors (Lipinski definition) is 0. The Morgan fingerprint density at radius 2 is 1.83 bits per heavy atom. The van der Waals surface area contributed by atoms with Crippen LogP contribution < -0.4 is 0 Å². The molecule has 0 aromatic carbocycles. The predicted molar refractivity (Wildman–Crippen MR) is 75.9 cm³/mol. The molecule has 1 atom stereocenters. The van der Waals surface area contributed by atoms with Crippen LogP contribution in [-0.4, -0.2) is 6.47 Å². The molecular formula is C16H27O2. The Bertz CT molecular complexity index is 233. The van der Waals surface area contributed by atoms with Gasteiger partial charge in [-0.25, -0.2) is 0 Å². The molecule has 0 unspecified atom stereocenters. The summed E-state index contributed by atoms with van der Waals surface area (Å²) in [7, 11) is 0. The Labute approximate surface area is 112 Å². The van der Waals surface area contributed by atoms with Crippen LogP contribution in [0.2, 0.25) is 0 Å². The maximum absolute atomic E-state index is 9.99. The molecule has 18 heavy (non-hydrogen) atoms. The van der Waals surface area contributed by atoms with E-state index in [-0.39, 0.29) is 0 Å². The van der Waals surface area contributed by atoms with Crippen LogP contribution in [0.3, 0.4) is 0 Å². The van der Waals surface area contributed by atoms with Gasteiger partial charge in [0, 0.05) is 6.42 Å². The van der Waals surface area contributed by atoms with Gasteiger partial charge in [0.1, 0.15) is 5.76 Å². The maximum atomic E-state index is 9.99. The van der Waals surface area contributed by atoms with Crippen LogP contribution in [0.4, 0.5) is 0 Å². The smallest absolute Gasteiger partial charge is 0.298 e. The fraction of sp³-hybridized carbons (Fsp3) is 0.688. The molecule has 0 heterocycles. The van der Waals surface area contributed by atoms with E-state index < -0.39 is 0 Å². The van der Waals surface area contributed by atoms with Gasteiger partial charge in [0.15, 0.2) is 0 Å². The quantitative estimate of drug-likeness (QED) is 0.203. The van der Waals surface area contributed by atoms with Crippen molar-refractivity contribution in [1.29, 1.82) is 0 Å². The monoisotopic (exact) mass is 251 g/mol. The topological polar surface area (TPSA) is 26.3 Å². The summed E-state index contributed by atoms with van der Waals surface area (Å²) in [5.41, 5.74) is 0. The first kappa shape index (κ1) is 16.9. The predicted octanol–water partition coefficient (Wildman–Crippen LogP) is 4.81. The van der Waals surface area contributed by atoms with Crippen molar-refractivity contribution in [3.8, 4) is 0 Å². The lowest BCUT2D eigenvalue weighted by atomic mass is 9.99. The van der Waals surface area contributed by atoms with Crippen LogP contribution in [0, 0.1) is 12.5 Å². The van der Waals surface area contributed by atoms with Gasteiger partial charge in [0.05, 0.1) is 0 Å². The molecule has 0 saturated carbocycles. The molecule has 0 rings (SSSR count). The van der Waals surface area contributed by atoms with Crippen molar-refractivity contribution in [2.24, 2.45) is 5.92 Å². The average molecular weight is 251 g/mol. The van der Waals surface area contributed by atoms with E-state index in [1.807, 2.05) is 6.08 Å². The molecule has 2 nitrogen and oxygen atoms in total.